The first-order valence-corrected chi connectivity index (χ1v) is 20.6. The number of fused-ring (bicyclic) bond motifs is 6. The van der Waals surface area contributed by atoms with Gasteiger partial charge in [0.1, 0.15) is 12.1 Å². The molecule has 6 heterocycles. The Balaban J connectivity index is 1.35. The van der Waals surface area contributed by atoms with Crippen molar-refractivity contribution in [2.75, 3.05) is 58.4 Å². The van der Waals surface area contributed by atoms with Crippen molar-refractivity contribution < 1.29 is 23.9 Å². The fourth-order valence-electron chi connectivity index (χ4n) is 7.82. The lowest BCUT2D eigenvalue weighted by Gasteiger charge is -2.36. The number of esters is 1. The number of hydrogen-bond acceptors (Lipinski definition) is 11. The molecule has 2 saturated heterocycles. The largest absolute Gasteiger partial charge is 0.464 e. The Hall–Kier alpha value is -4.57. The Morgan fingerprint density at radius 1 is 1.23 bits per heavy atom. The first kappa shape index (κ1) is 39.7. The highest BCUT2D eigenvalue weighted by Gasteiger charge is 2.36. The molecule has 14 nitrogen and oxygen atoms in total. The van der Waals surface area contributed by atoms with Crippen LogP contribution in [0.3, 0.4) is 0 Å². The van der Waals surface area contributed by atoms with Crippen LogP contribution in [-0.2, 0) is 31.9 Å². The van der Waals surface area contributed by atoms with Crippen LogP contribution < -0.4 is 21.0 Å². The molecule has 56 heavy (non-hydrogen) atoms. The van der Waals surface area contributed by atoms with Crippen LogP contribution in [0.1, 0.15) is 69.8 Å². The number of nitrogens with one attached hydrogen (secondary N) is 4. The van der Waals surface area contributed by atoms with E-state index in [4.69, 9.17) is 19.4 Å². The number of aromatic amines is 1. The number of anilines is 1. The Kier molecular flexibility index (Phi) is 11.7. The molecular weight excluding hydrogens is 731 g/mol. The highest BCUT2D eigenvalue weighted by Crippen LogP contribution is 2.41. The van der Waals surface area contributed by atoms with Gasteiger partial charge in [0.2, 0.25) is 0 Å². The van der Waals surface area contributed by atoms with E-state index in [1.807, 2.05) is 25.4 Å². The van der Waals surface area contributed by atoms with Crippen LogP contribution in [0.25, 0.3) is 33.4 Å². The summed E-state index contributed by atoms with van der Waals surface area (Å²) in [6, 6.07) is 6.91. The van der Waals surface area contributed by atoms with Crippen molar-refractivity contribution in [2.24, 2.45) is 5.41 Å². The number of thiazole rings is 1. The summed E-state index contributed by atoms with van der Waals surface area (Å²) in [5.41, 5.74) is 10.3. The molecule has 1 aromatic carbocycles. The molecule has 15 heteroatoms. The molecular formula is C41H55N9O5S. The van der Waals surface area contributed by atoms with Gasteiger partial charge in [0.05, 0.1) is 46.7 Å². The number of aromatic nitrogens is 3. The number of cyclic esters (lactones) is 1. The second-order valence-electron chi connectivity index (χ2n) is 16.1. The molecule has 4 aromatic rings. The van der Waals surface area contributed by atoms with Crippen molar-refractivity contribution in [2.45, 2.75) is 84.5 Å². The summed E-state index contributed by atoms with van der Waals surface area (Å²) in [6.45, 7) is 14.1. The van der Waals surface area contributed by atoms with Crippen molar-refractivity contribution in [3.8, 4) is 22.5 Å². The van der Waals surface area contributed by atoms with Gasteiger partial charge in [0.25, 0.3) is 5.91 Å². The van der Waals surface area contributed by atoms with Gasteiger partial charge in [-0.1, -0.05) is 19.9 Å². The summed E-state index contributed by atoms with van der Waals surface area (Å²) in [5, 5.41) is 11.6. The van der Waals surface area contributed by atoms with Gasteiger partial charge >= 0.3 is 12.0 Å². The van der Waals surface area contributed by atoms with Crippen molar-refractivity contribution >= 4 is 45.8 Å². The first-order valence-electron chi connectivity index (χ1n) is 19.7. The SMILES string of the molecule is CCN(C)C(=O)NC1Cc2nc(cs2)-c2ccc3[nH]c(-c4cc(N5CCNCC5C)cnc4C(C)OC)c(c3c2)CC(C)(C)COC(=O)C2CCCN(N2)C1=O. The van der Waals surface area contributed by atoms with Gasteiger partial charge in [-0.05, 0) is 63.8 Å². The number of amides is 3. The number of benzene rings is 1. The molecule has 3 amide bonds. The predicted molar refractivity (Wildman–Crippen MR) is 218 cm³/mol. The zero-order valence-electron chi connectivity index (χ0n) is 33.5. The lowest BCUT2D eigenvalue weighted by molar-refractivity contribution is -0.155. The Morgan fingerprint density at radius 3 is 2.82 bits per heavy atom. The van der Waals surface area contributed by atoms with Gasteiger partial charge in [0, 0.05) is 92.2 Å². The Morgan fingerprint density at radius 2 is 2.05 bits per heavy atom. The minimum atomic E-state index is -0.894. The number of ether oxygens (including phenoxy) is 2. The van der Waals surface area contributed by atoms with Crippen molar-refractivity contribution in [1.29, 1.82) is 0 Å². The molecule has 0 radical (unpaired) electrons. The summed E-state index contributed by atoms with van der Waals surface area (Å²) < 4.78 is 11.9. The molecule has 3 aliphatic rings. The van der Waals surface area contributed by atoms with Gasteiger partial charge in [-0.3, -0.25) is 19.6 Å². The second-order valence-corrected chi connectivity index (χ2v) is 17.0. The zero-order chi connectivity index (χ0) is 39.7. The highest BCUT2D eigenvalue weighted by atomic mass is 32.1. The van der Waals surface area contributed by atoms with Gasteiger partial charge in [0.15, 0.2) is 0 Å². The number of carbonyl (C=O) groups is 3. The average molecular weight is 786 g/mol. The predicted octanol–water partition coefficient (Wildman–Crippen LogP) is 5.05. The maximum absolute atomic E-state index is 14.0. The molecule has 0 saturated carbocycles. The third kappa shape index (κ3) is 8.27. The quantitative estimate of drug-likeness (QED) is 0.195. The van der Waals surface area contributed by atoms with Crippen molar-refractivity contribution in [3.05, 3.63) is 52.1 Å². The summed E-state index contributed by atoms with van der Waals surface area (Å²) in [7, 11) is 3.39. The monoisotopic (exact) mass is 785 g/mol. The Labute approximate surface area is 332 Å². The van der Waals surface area contributed by atoms with Crippen molar-refractivity contribution in [3.63, 3.8) is 0 Å². The standard InChI is InChI=1S/C41H55N9O5S/c1-8-48(6)40(53)46-33-18-35-44-34(22-56-35)26-11-12-31-28(16-26)30(19-41(4,5)23-55-39(52)32-10-9-14-50(47-32)38(33)51)37(45-31)29-17-27(21-43-36(29)25(3)54-7)49-15-13-42-20-24(49)2/h11-12,16-17,21-22,24-25,32-33,42,45,47H,8-10,13-15,18-20,23H2,1-7H3,(H,46,53). The molecule has 0 aliphatic carbocycles. The van der Waals surface area contributed by atoms with Crippen LogP contribution in [-0.4, -0.2) is 114 Å². The van der Waals surface area contributed by atoms with Gasteiger partial charge in [-0.2, -0.15) is 0 Å². The maximum atomic E-state index is 14.0. The molecule has 2 fully saturated rings. The van der Waals surface area contributed by atoms with Gasteiger partial charge in [-0.15, -0.1) is 11.3 Å². The van der Waals surface area contributed by atoms with Crippen LogP contribution in [0, 0.1) is 5.41 Å². The van der Waals surface area contributed by atoms with E-state index in [-0.39, 0.29) is 31.1 Å². The van der Waals surface area contributed by atoms with E-state index in [0.29, 0.717) is 43.4 Å². The van der Waals surface area contributed by atoms with E-state index in [9.17, 15) is 14.4 Å². The van der Waals surface area contributed by atoms with E-state index >= 15 is 0 Å². The molecule has 4 unspecified atom stereocenters. The Bertz CT molecular complexity index is 2080. The van der Waals surface area contributed by atoms with Crippen LogP contribution >= 0.6 is 11.3 Å². The highest BCUT2D eigenvalue weighted by molar-refractivity contribution is 7.10. The number of H-pyrrole nitrogens is 1. The number of piperazine rings is 1. The lowest BCUT2D eigenvalue weighted by Crippen LogP contribution is -2.61. The fraction of sp³-hybridized carbons (Fsp3) is 0.537. The lowest BCUT2D eigenvalue weighted by atomic mass is 9.84. The zero-order valence-corrected chi connectivity index (χ0v) is 34.3. The summed E-state index contributed by atoms with van der Waals surface area (Å²) >= 11 is 1.46. The van der Waals surface area contributed by atoms with E-state index in [1.165, 1.54) is 21.2 Å². The molecule has 4 N–H and O–H groups in total. The topological polar surface area (TPSA) is 157 Å². The fourth-order valence-corrected chi connectivity index (χ4v) is 8.67. The number of pyridine rings is 1. The third-order valence-corrected chi connectivity index (χ3v) is 12.2. The summed E-state index contributed by atoms with van der Waals surface area (Å²) in [6.07, 6.45) is 3.62. The van der Waals surface area contributed by atoms with Crippen LogP contribution in [0.2, 0.25) is 0 Å². The average Bonchev–Trinajstić information content (AvgIpc) is 3.82. The molecule has 3 aromatic heterocycles. The summed E-state index contributed by atoms with van der Waals surface area (Å²) in [4.78, 5) is 58.5. The van der Waals surface area contributed by atoms with Gasteiger partial charge in [-0.25, -0.2) is 15.2 Å². The number of rotatable bonds is 6. The third-order valence-electron chi connectivity index (χ3n) is 11.3. The van der Waals surface area contributed by atoms with Crippen LogP contribution in [0.4, 0.5) is 10.5 Å². The van der Waals surface area contributed by atoms with E-state index < -0.39 is 23.5 Å². The second kappa shape index (κ2) is 16.5. The van der Waals surface area contributed by atoms with Crippen molar-refractivity contribution in [1.82, 2.24) is 40.9 Å². The maximum Gasteiger partial charge on any atom is 0.324 e. The van der Waals surface area contributed by atoms with Crippen LogP contribution in [0.5, 0.6) is 0 Å². The molecule has 4 atom stereocenters. The molecule has 6 bridgehead atoms. The minimum absolute atomic E-state index is 0.166. The number of methoxy groups -OCH3 is 1. The molecule has 300 valence electrons. The van der Waals surface area contributed by atoms with E-state index in [1.54, 1.807) is 14.2 Å². The number of urea groups is 1. The van der Waals surface area contributed by atoms with Gasteiger partial charge < -0.3 is 34.9 Å². The molecule has 3 aliphatic heterocycles. The number of nitrogens with zero attached hydrogens (tertiary/aromatic N) is 5. The molecule has 0 spiro atoms. The minimum Gasteiger partial charge on any atom is -0.464 e. The number of hydrogen-bond donors (Lipinski definition) is 4. The first-order chi connectivity index (χ1) is 26.8. The normalized spacial score (nSPS) is 22.4. The smallest absolute Gasteiger partial charge is 0.324 e. The summed E-state index contributed by atoms with van der Waals surface area (Å²) in [5.74, 6) is -0.733. The van der Waals surface area contributed by atoms with E-state index in [0.717, 1.165) is 70.0 Å². The van der Waals surface area contributed by atoms with Crippen LogP contribution in [0.15, 0.2) is 35.8 Å². The van der Waals surface area contributed by atoms with E-state index in [2.05, 4.69) is 71.0 Å². The molecule has 7 rings (SSSR count). The number of carbonyl (C=O) groups excluding carboxylic acids is 3. The number of hydrazine groups is 1.